The number of rotatable bonds is 7. The molecule has 21 heavy (non-hydrogen) atoms. The summed E-state index contributed by atoms with van der Waals surface area (Å²) in [6, 6.07) is 6.23. The Bertz CT molecular complexity index is 482. The lowest BCUT2D eigenvalue weighted by Crippen LogP contribution is -2.17. The number of ether oxygens (including phenoxy) is 1. The van der Waals surface area contributed by atoms with Gasteiger partial charge in [-0.25, -0.2) is 0 Å². The van der Waals surface area contributed by atoms with E-state index in [0.29, 0.717) is 0 Å². The minimum atomic E-state index is 0.206. The van der Waals surface area contributed by atoms with Crippen LogP contribution in [-0.2, 0) is 6.54 Å². The first-order valence-corrected chi connectivity index (χ1v) is 8.78. The standard InChI is InChI=1S/C18H26BrNO/c1-14(2)21-18-9-8-17(19)12-16(18)13-20-11-10-15-6-4-3-5-7-15/h6,8-9,12,14,20H,3-5,7,10-11,13H2,1-2H3. The molecule has 1 aliphatic carbocycles. The van der Waals surface area contributed by atoms with Crippen LogP contribution in [0.3, 0.4) is 0 Å². The van der Waals surface area contributed by atoms with Crippen LogP contribution in [0.15, 0.2) is 34.3 Å². The Kier molecular flexibility index (Phi) is 6.78. The molecule has 116 valence electrons. The second-order valence-corrected chi connectivity index (χ2v) is 6.87. The zero-order valence-electron chi connectivity index (χ0n) is 13.1. The Labute approximate surface area is 137 Å². The number of benzene rings is 1. The predicted molar refractivity (Wildman–Crippen MR) is 92.8 cm³/mol. The molecule has 2 nitrogen and oxygen atoms in total. The number of hydrogen-bond donors (Lipinski definition) is 1. The van der Waals surface area contributed by atoms with Gasteiger partial charge >= 0.3 is 0 Å². The fourth-order valence-corrected chi connectivity index (χ4v) is 3.07. The number of allylic oxidation sites excluding steroid dienone is 1. The molecule has 1 N–H and O–H groups in total. The van der Waals surface area contributed by atoms with Gasteiger partial charge in [-0.15, -0.1) is 0 Å². The normalized spacial score (nSPS) is 15.1. The Morgan fingerprint density at radius 2 is 2.14 bits per heavy atom. The molecule has 1 aromatic carbocycles. The van der Waals surface area contributed by atoms with Crippen molar-refractivity contribution < 1.29 is 4.74 Å². The average Bonchev–Trinajstić information content (AvgIpc) is 2.47. The highest BCUT2D eigenvalue weighted by molar-refractivity contribution is 9.10. The van der Waals surface area contributed by atoms with Gasteiger partial charge in [0.25, 0.3) is 0 Å². The predicted octanol–water partition coefficient (Wildman–Crippen LogP) is 5.22. The second-order valence-electron chi connectivity index (χ2n) is 5.95. The largest absolute Gasteiger partial charge is 0.491 e. The van der Waals surface area contributed by atoms with Crippen LogP contribution in [-0.4, -0.2) is 12.6 Å². The maximum atomic E-state index is 5.88. The third kappa shape index (κ3) is 5.84. The molecular weight excluding hydrogens is 326 g/mol. The molecule has 0 atom stereocenters. The van der Waals surface area contributed by atoms with Gasteiger partial charge in [-0.3, -0.25) is 0 Å². The fourth-order valence-electron chi connectivity index (χ4n) is 2.66. The SMILES string of the molecule is CC(C)Oc1ccc(Br)cc1CNCCC1=CCCCC1. The smallest absolute Gasteiger partial charge is 0.124 e. The quantitative estimate of drug-likeness (QED) is 0.537. The molecule has 0 unspecified atom stereocenters. The van der Waals surface area contributed by atoms with Gasteiger partial charge in [0.15, 0.2) is 0 Å². The first-order chi connectivity index (χ1) is 10.1. The molecule has 0 bridgehead atoms. The molecule has 0 aliphatic heterocycles. The van der Waals surface area contributed by atoms with E-state index in [1.54, 1.807) is 5.57 Å². The summed E-state index contributed by atoms with van der Waals surface area (Å²) >= 11 is 3.54. The molecule has 0 radical (unpaired) electrons. The van der Waals surface area contributed by atoms with Gasteiger partial charge in [0.2, 0.25) is 0 Å². The van der Waals surface area contributed by atoms with E-state index >= 15 is 0 Å². The van der Waals surface area contributed by atoms with Crippen LogP contribution in [0.4, 0.5) is 0 Å². The van der Waals surface area contributed by atoms with E-state index in [2.05, 4.69) is 47.2 Å². The highest BCUT2D eigenvalue weighted by atomic mass is 79.9. The van der Waals surface area contributed by atoms with Crippen molar-refractivity contribution in [2.24, 2.45) is 0 Å². The Morgan fingerprint density at radius 3 is 2.86 bits per heavy atom. The zero-order chi connectivity index (χ0) is 15.1. The van der Waals surface area contributed by atoms with Crippen molar-refractivity contribution in [1.82, 2.24) is 5.32 Å². The third-order valence-corrected chi connectivity index (χ3v) is 4.20. The summed E-state index contributed by atoms with van der Waals surface area (Å²) in [5.41, 5.74) is 2.84. The van der Waals surface area contributed by atoms with Crippen LogP contribution in [0.25, 0.3) is 0 Å². The lowest BCUT2D eigenvalue weighted by molar-refractivity contribution is 0.239. The molecule has 0 spiro atoms. The van der Waals surface area contributed by atoms with Gasteiger partial charge in [0, 0.05) is 16.6 Å². The molecule has 0 amide bonds. The zero-order valence-corrected chi connectivity index (χ0v) is 14.7. The van der Waals surface area contributed by atoms with Crippen molar-refractivity contribution in [3.63, 3.8) is 0 Å². The molecule has 3 heteroatoms. The van der Waals surface area contributed by atoms with E-state index in [-0.39, 0.29) is 6.10 Å². The molecule has 1 aliphatic rings. The Hall–Kier alpha value is -0.800. The summed E-state index contributed by atoms with van der Waals surface area (Å²) in [5.74, 6) is 0.984. The van der Waals surface area contributed by atoms with Crippen molar-refractivity contribution in [1.29, 1.82) is 0 Å². The summed E-state index contributed by atoms with van der Waals surface area (Å²) < 4.78 is 6.98. The highest BCUT2D eigenvalue weighted by Crippen LogP contribution is 2.24. The van der Waals surface area contributed by atoms with Crippen LogP contribution in [0.5, 0.6) is 5.75 Å². The van der Waals surface area contributed by atoms with Crippen LogP contribution in [0, 0.1) is 0 Å². The van der Waals surface area contributed by atoms with Crippen LogP contribution < -0.4 is 10.1 Å². The summed E-state index contributed by atoms with van der Waals surface area (Å²) in [4.78, 5) is 0. The van der Waals surface area contributed by atoms with E-state index in [9.17, 15) is 0 Å². The second kappa shape index (κ2) is 8.60. The van der Waals surface area contributed by atoms with E-state index < -0.39 is 0 Å². The third-order valence-electron chi connectivity index (χ3n) is 3.71. The van der Waals surface area contributed by atoms with Gasteiger partial charge in [0.05, 0.1) is 6.10 Å². The topological polar surface area (TPSA) is 21.3 Å². The molecule has 2 rings (SSSR count). The summed E-state index contributed by atoms with van der Waals surface area (Å²) in [7, 11) is 0. The van der Waals surface area contributed by atoms with E-state index in [1.165, 1.54) is 37.7 Å². The van der Waals surface area contributed by atoms with Gasteiger partial charge in [0.1, 0.15) is 5.75 Å². The lowest BCUT2D eigenvalue weighted by Gasteiger charge is -2.16. The minimum absolute atomic E-state index is 0.206. The number of hydrogen-bond acceptors (Lipinski definition) is 2. The maximum absolute atomic E-state index is 5.88. The fraction of sp³-hybridized carbons (Fsp3) is 0.556. The van der Waals surface area contributed by atoms with Gasteiger partial charge < -0.3 is 10.1 Å². The highest BCUT2D eigenvalue weighted by Gasteiger charge is 2.07. The van der Waals surface area contributed by atoms with Crippen LogP contribution in [0.2, 0.25) is 0 Å². The first kappa shape index (κ1) is 16.6. The molecular formula is C18H26BrNO. The number of halogens is 1. The molecule has 1 aromatic rings. The van der Waals surface area contributed by atoms with E-state index in [1.807, 2.05) is 12.1 Å². The maximum Gasteiger partial charge on any atom is 0.124 e. The van der Waals surface area contributed by atoms with Crippen molar-refractivity contribution in [2.45, 2.75) is 58.6 Å². The van der Waals surface area contributed by atoms with E-state index in [0.717, 1.165) is 23.3 Å². The first-order valence-electron chi connectivity index (χ1n) is 7.99. The average molecular weight is 352 g/mol. The van der Waals surface area contributed by atoms with Crippen molar-refractivity contribution in [3.05, 3.63) is 39.9 Å². The monoisotopic (exact) mass is 351 g/mol. The molecule has 0 heterocycles. The van der Waals surface area contributed by atoms with E-state index in [4.69, 9.17) is 4.74 Å². The summed E-state index contributed by atoms with van der Waals surface area (Å²) in [5, 5.41) is 3.55. The minimum Gasteiger partial charge on any atom is -0.491 e. The molecule has 0 saturated carbocycles. The molecule has 0 saturated heterocycles. The Morgan fingerprint density at radius 1 is 1.29 bits per heavy atom. The van der Waals surface area contributed by atoms with Crippen molar-refractivity contribution in [3.8, 4) is 5.75 Å². The van der Waals surface area contributed by atoms with Crippen LogP contribution in [0.1, 0.15) is 51.5 Å². The Balaban J connectivity index is 1.84. The lowest BCUT2D eigenvalue weighted by atomic mass is 9.97. The van der Waals surface area contributed by atoms with Gasteiger partial charge in [-0.05, 0) is 70.7 Å². The van der Waals surface area contributed by atoms with Crippen molar-refractivity contribution in [2.75, 3.05) is 6.54 Å². The van der Waals surface area contributed by atoms with Crippen LogP contribution >= 0.6 is 15.9 Å². The molecule has 0 aromatic heterocycles. The summed E-state index contributed by atoms with van der Waals surface area (Å²) in [6.07, 6.45) is 9.10. The summed E-state index contributed by atoms with van der Waals surface area (Å²) in [6.45, 7) is 6.03. The molecule has 0 fully saturated rings. The van der Waals surface area contributed by atoms with Crippen molar-refractivity contribution >= 4 is 15.9 Å². The number of nitrogens with one attached hydrogen (secondary N) is 1. The van der Waals surface area contributed by atoms with Gasteiger partial charge in [-0.1, -0.05) is 27.6 Å². The van der Waals surface area contributed by atoms with Gasteiger partial charge in [-0.2, -0.15) is 0 Å².